The highest BCUT2D eigenvalue weighted by atomic mass is 32.1. The third-order valence-electron chi connectivity index (χ3n) is 2.63. The highest BCUT2D eigenvalue weighted by Crippen LogP contribution is 2.32. The number of thiophene rings is 1. The molecule has 3 aromatic rings. The maximum atomic E-state index is 11.2. The van der Waals surface area contributed by atoms with Crippen LogP contribution in [-0.4, -0.2) is 15.9 Å². The molecule has 0 aliphatic heterocycles. The van der Waals surface area contributed by atoms with Crippen molar-refractivity contribution in [1.29, 1.82) is 0 Å². The molecule has 5 heteroatoms. The average molecular weight is 255 g/mol. The van der Waals surface area contributed by atoms with Crippen molar-refractivity contribution in [2.75, 3.05) is 0 Å². The number of pyridine rings is 2. The molecule has 0 aliphatic carbocycles. The topological polar surface area (TPSA) is 68.9 Å². The summed E-state index contributed by atoms with van der Waals surface area (Å²) in [6.07, 6.45) is 5.22. The lowest BCUT2D eigenvalue weighted by atomic mass is 10.1. The van der Waals surface area contributed by atoms with Crippen molar-refractivity contribution in [2.45, 2.75) is 0 Å². The van der Waals surface area contributed by atoms with Gasteiger partial charge in [0.15, 0.2) is 0 Å². The van der Waals surface area contributed by atoms with Gasteiger partial charge < -0.3 is 5.73 Å². The molecule has 0 spiro atoms. The molecular formula is C13H9N3OS. The number of hydrogen-bond donors (Lipinski definition) is 1. The molecule has 0 radical (unpaired) electrons. The van der Waals surface area contributed by atoms with Gasteiger partial charge >= 0.3 is 0 Å². The second-order valence-electron chi connectivity index (χ2n) is 3.79. The van der Waals surface area contributed by atoms with E-state index in [1.165, 1.54) is 11.3 Å². The Kier molecular flexibility index (Phi) is 2.53. The molecule has 0 unspecified atom stereocenters. The first kappa shape index (κ1) is 10.9. The molecule has 4 nitrogen and oxygen atoms in total. The Hall–Kier alpha value is -2.27. The van der Waals surface area contributed by atoms with E-state index in [9.17, 15) is 4.79 Å². The first-order valence-electron chi connectivity index (χ1n) is 5.34. The third-order valence-corrected chi connectivity index (χ3v) is 3.71. The first-order chi connectivity index (χ1) is 8.75. The minimum atomic E-state index is -0.414. The van der Waals surface area contributed by atoms with Crippen LogP contribution in [0.25, 0.3) is 21.3 Å². The monoisotopic (exact) mass is 255 g/mol. The summed E-state index contributed by atoms with van der Waals surface area (Å²) in [6.45, 7) is 0. The molecule has 0 saturated heterocycles. The molecule has 1 amide bonds. The summed E-state index contributed by atoms with van der Waals surface area (Å²) in [6, 6.07) is 7.49. The van der Waals surface area contributed by atoms with E-state index in [1.807, 2.05) is 18.2 Å². The summed E-state index contributed by atoms with van der Waals surface area (Å²) in [5.74, 6) is -0.414. The number of fused-ring (bicyclic) bond motifs is 1. The highest BCUT2D eigenvalue weighted by molar-refractivity contribution is 7.20. The molecule has 2 N–H and O–H groups in total. The zero-order valence-corrected chi connectivity index (χ0v) is 10.1. The summed E-state index contributed by atoms with van der Waals surface area (Å²) in [5, 5.41) is 0.961. The normalized spacial score (nSPS) is 10.7. The molecule has 0 fully saturated rings. The molecule has 3 aromatic heterocycles. The first-order valence-corrected chi connectivity index (χ1v) is 6.16. The standard InChI is InChI=1S/C13H9N3OS/c14-13(17)11-5-8-9(6-15-7-12(8)18-11)10-3-1-2-4-16-10/h1-7H,(H2,14,17). The highest BCUT2D eigenvalue weighted by Gasteiger charge is 2.11. The Morgan fingerprint density at radius 3 is 2.89 bits per heavy atom. The second kappa shape index (κ2) is 4.19. The van der Waals surface area contributed by atoms with Crippen molar-refractivity contribution in [3.63, 3.8) is 0 Å². The van der Waals surface area contributed by atoms with Crippen LogP contribution in [-0.2, 0) is 0 Å². The number of aromatic nitrogens is 2. The largest absolute Gasteiger partial charge is 0.365 e. The second-order valence-corrected chi connectivity index (χ2v) is 4.87. The van der Waals surface area contributed by atoms with Crippen LogP contribution in [0.1, 0.15) is 9.67 Å². The number of primary amides is 1. The molecule has 3 rings (SSSR count). The Morgan fingerprint density at radius 1 is 1.28 bits per heavy atom. The van der Waals surface area contributed by atoms with E-state index in [-0.39, 0.29) is 0 Å². The van der Waals surface area contributed by atoms with E-state index in [2.05, 4.69) is 9.97 Å². The Morgan fingerprint density at radius 2 is 2.17 bits per heavy atom. The van der Waals surface area contributed by atoms with Crippen LogP contribution >= 0.6 is 11.3 Å². The van der Waals surface area contributed by atoms with Gasteiger partial charge in [0.25, 0.3) is 5.91 Å². The summed E-state index contributed by atoms with van der Waals surface area (Å²) < 4.78 is 0.937. The Labute approximate surface area is 107 Å². The van der Waals surface area contributed by atoms with Crippen molar-refractivity contribution in [3.05, 3.63) is 47.7 Å². The molecule has 18 heavy (non-hydrogen) atoms. The number of rotatable bonds is 2. The van der Waals surface area contributed by atoms with Gasteiger partial charge in [0, 0.05) is 29.5 Å². The van der Waals surface area contributed by atoms with E-state index >= 15 is 0 Å². The van der Waals surface area contributed by atoms with Crippen molar-refractivity contribution in [2.24, 2.45) is 5.73 Å². The van der Waals surface area contributed by atoms with Gasteiger partial charge in [-0.05, 0) is 18.2 Å². The quantitative estimate of drug-likeness (QED) is 0.764. The smallest absolute Gasteiger partial charge is 0.258 e. The molecule has 0 aromatic carbocycles. The van der Waals surface area contributed by atoms with Crippen molar-refractivity contribution in [3.8, 4) is 11.3 Å². The third kappa shape index (κ3) is 1.74. The fourth-order valence-electron chi connectivity index (χ4n) is 1.81. The zero-order chi connectivity index (χ0) is 12.5. The molecule has 0 atom stereocenters. The summed E-state index contributed by atoms with van der Waals surface area (Å²) in [7, 11) is 0. The van der Waals surface area contributed by atoms with Crippen molar-refractivity contribution >= 4 is 27.3 Å². The van der Waals surface area contributed by atoms with Crippen molar-refractivity contribution in [1.82, 2.24) is 9.97 Å². The fraction of sp³-hybridized carbons (Fsp3) is 0. The summed E-state index contributed by atoms with van der Waals surface area (Å²) in [4.78, 5) is 20.2. The number of nitrogens with two attached hydrogens (primary N) is 1. The number of carbonyl (C=O) groups is 1. The number of nitrogens with zero attached hydrogens (tertiary/aromatic N) is 2. The number of amides is 1. The van der Waals surface area contributed by atoms with Gasteiger partial charge in [0.2, 0.25) is 0 Å². The fourth-order valence-corrected chi connectivity index (χ4v) is 2.71. The van der Waals surface area contributed by atoms with Gasteiger partial charge in [-0.25, -0.2) is 0 Å². The maximum absolute atomic E-state index is 11.2. The summed E-state index contributed by atoms with van der Waals surface area (Å²) in [5.41, 5.74) is 7.05. The number of carbonyl (C=O) groups excluding carboxylic acids is 1. The average Bonchev–Trinajstić information content (AvgIpc) is 2.83. The van der Waals surface area contributed by atoms with E-state index in [0.29, 0.717) is 4.88 Å². The van der Waals surface area contributed by atoms with Crippen LogP contribution in [0.15, 0.2) is 42.9 Å². The Bertz CT molecular complexity index is 721. The predicted molar refractivity (Wildman–Crippen MR) is 71.4 cm³/mol. The Balaban J connectivity index is 2.27. The van der Waals surface area contributed by atoms with Crippen LogP contribution in [0.4, 0.5) is 0 Å². The molecular weight excluding hydrogens is 246 g/mol. The van der Waals surface area contributed by atoms with Gasteiger partial charge in [-0.2, -0.15) is 0 Å². The van der Waals surface area contributed by atoms with Crippen molar-refractivity contribution < 1.29 is 4.79 Å². The summed E-state index contributed by atoms with van der Waals surface area (Å²) >= 11 is 1.35. The number of hydrogen-bond acceptors (Lipinski definition) is 4. The van der Waals surface area contributed by atoms with E-state index < -0.39 is 5.91 Å². The van der Waals surface area contributed by atoms with Gasteiger partial charge in [0.05, 0.1) is 15.3 Å². The lowest BCUT2D eigenvalue weighted by molar-refractivity contribution is 0.100. The van der Waals surface area contributed by atoms with E-state index in [1.54, 1.807) is 24.7 Å². The lowest BCUT2D eigenvalue weighted by Gasteiger charge is -2.00. The van der Waals surface area contributed by atoms with Crippen LogP contribution in [0.5, 0.6) is 0 Å². The molecule has 0 saturated carbocycles. The molecule has 88 valence electrons. The minimum Gasteiger partial charge on any atom is -0.365 e. The van der Waals surface area contributed by atoms with Gasteiger partial charge in [-0.15, -0.1) is 11.3 Å². The predicted octanol–water partition coefficient (Wildman–Crippen LogP) is 2.46. The SMILES string of the molecule is NC(=O)c1cc2c(-c3ccccn3)cncc2s1. The zero-order valence-electron chi connectivity index (χ0n) is 9.33. The van der Waals surface area contributed by atoms with E-state index in [0.717, 1.165) is 21.3 Å². The van der Waals surface area contributed by atoms with Crippen LogP contribution in [0.2, 0.25) is 0 Å². The molecule has 0 aliphatic rings. The van der Waals surface area contributed by atoms with E-state index in [4.69, 9.17) is 5.73 Å². The molecule has 3 heterocycles. The maximum Gasteiger partial charge on any atom is 0.258 e. The van der Waals surface area contributed by atoms with Crippen LogP contribution < -0.4 is 5.73 Å². The lowest BCUT2D eigenvalue weighted by Crippen LogP contribution is -2.08. The van der Waals surface area contributed by atoms with Gasteiger partial charge in [0.1, 0.15) is 0 Å². The van der Waals surface area contributed by atoms with Gasteiger partial charge in [-0.3, -0.25) is 14.8 Å². The van der Waals surface area contributed by atoms with Gasteiger partial charge in [-0.1, -0.05) is 6.07 Å². The molecule has 0 bridgehead atoms. The minimum absolute atomic E-state index is 0.414. The van der Waals surface area contributed by atoms with Crippen LogP contribution in [0, 0.1) is 0 Å². The van der Waals surface area contributed by atoms with Crippen LogP contribution in [0.3, 0.4) is 0 Å².